The summed E-state index contributed by atoms with van der Waals surface area (Å²) in [6, 6.07) is 9.01. The van der Waals surface area contributed by atoms with Crippen LogP contribution in [0.15, 0.2) is 30.3 Å². The monoisotopic (exact) mass is 249 g/mol. The topological polar surface area (TPSA) is 75.9 Å². The fourth-order valence-electron chi connectivity index (χ4n) is 1.36. The number of halogens is 1. The zero-order chi connectivity index (χ0) is 12.3. The molecule has 0 aliphatic heterocycles. The van der Waals surface area contributed by atoms with Gasteiger partial charge in [0.1, 0.15) is 11.6 Å². The van der Waals surface area contributed by atoms with E-state index in [1.165, 1.54) is 0 Å². The Bertz CT molecular complexity index is 529. The Morgan fingerprint density at radius 1 is 1.24 bits per heavy atom. The zero-order valence-electron chi connectivity index (χ0n) is 9.24. The van der Waals surface area contributed by atoms with Crippen molar-refractivity contribution in [3.05, 3.63) is 35.4 Å². The van der Waals surface area contributed by atoms with Crippen LogP contribution in [0.5, 0.6) is 0 Å². The van der Waals surface area contributed by atoms with Crippen molar-refractivity contribution in [1.82, 2.24) is 9.97 Å². The molecule has 17 heavy (non-hydrogen) atoms. The molecule has 0 radical (unpaired) electrons. The SMILES string of the molecule is CNc1nc(N)cc(Nc2cccc(Cl)c2)n1. The fourth-order valence-corrected chi connectivity index (χ4v) is 1.55. The number of nitrogens with two attached hydrogens (primary N) is 1. The van der Waals surface area contributed by atoms with Crippen LogP contribution in [-0.4, -0.2) is 17.0 Å². The van der Waals surface area contributed by atoms with Crippen LogP contribution >= 0.6 is 11.6 Å². The van der Waals surface area contributed by atoms with Crippen LogP contribution in [0, 0.1) is 0 Å². The van der Waals surface area contributed by atoms with Crippen molar-refractivity contribution in [2.45, 2.75) is 0 Å². The van der Waals surface area contributed by atoms with Crippen molar-refractivity contribution in [3.8, 4) is 0 Å². The van der Waals surface area contributed by atoms with Gasteiger partial charge in [0.05, 0.1) is 0 Å². The van der Waals surface area contributed by atoms with Crippen molar-refractivity contribution < 1.29 is 0 Å². The van der Waals surface area contributed by atoms with Gasteiger partial charge >= 0.3 is 0 Å². The number of aromatic nitrogens is 2. The summed E-state index contributed by atoms with van der Waals surface area (Å²) in [5.74, 6) is 1.48. The third-order valence-corrected chi connectivity index (χ3v) is 2.30. The number of anilines is 4. The van der Waals surface area contributed by atoms with E-state index in [0.29, 0.717) is 22.6 Å². The highest BCUT2D eigenvalue weighted by Crippen LogP contribution is 2.20. The molecule has 0 saturated heterocycles. The normalized spacial score (nSPS) is 10.0. The molecule has 0 bridgehead atoms. The number of nitrogens with one attached hydrogen (secondary N) is 2. The maximum atomic E-state index is 5.89. The molecule has 88 valence electrons. The zero-order valence-corrected chi connectivity index (χ0v) is 9.99. The van der Waals surface area contributed by atoms with Crippen LogP contribution in [0.2, 0.25) is 5.02 Å². The Morgan fingerprint density at radius 2 is 2.06 bits per heavy atom. The molecule has 0 atom stereocenters. The summed E-state index contributed by atoms with van der Waals surface area (Å²) in [6.07, 6.45) is 0. The van der Waals surface area contributed by atoms with E-state index in [-0.39, 0.29) is 0 Å². The summed E-state index contributed by atoms with van der Waals surface area (Å²) in [7, 11) is 1.73. The van der Waals surface area contributed by atoms with Crippen LogP contribution in [-0.2, 0) is 0 Å². The molecule has 0 aliphatic rings. The average Bonchev–Trinajstić information content (AvgIpc) is 2.28. The van der Waals surface area contributed by atoms with Gasteiger partial charge < -0.3 is 16.4 Å². The van der Waals surface area contributed by atoms with Gasteiger partial charge in [-0.25, -0.2) is 0 Å². The van der Waals surface area contributed by atoms with Crippen molar-refractivity contribution in [2.75, 3.05) is 23.4 Å². The molecule has 0 unspecified atom stereocenters. The maximum absolute atomic E-state index is 5.89. The molecule has 0 amide bonds. The van der Waals surface area contributed by atoms with E-state index in [9.17, 15) is 0 Å². The molecular weight excluding hydrogens is 238 g/mol. The van der Waals surface area contributed by atoms with E-state index in [2.05, 4.69) is 20.6 Å². The number of rotatable bonds is 3. The van der Waals surface area contributed by atoms with E-state index in [0.717, 1.165) is 5.69 Å². The van der Waals surface area contributed by atoms with E-state index in [1.54, 1.807) is 25.2 Å². The molecular formula is C11H12ClN5. The minimum atomic E-state index is 0.397. The Balaban J connectivity index is 2.26. The maximum Gasteiger partial charge on any atom is 0.226 e. The minimum Gasteiger partial charge on any atom is -0.383 e. The number of hydrogen-bond acceptors (Lipinski definition) is 5. The van der Waals surface area contributed by atoms with Crippen molar-refractivity contribution in [3.63, 3.8) is 0 Å². The van der Waals surface area contributed by atoms with E-state index in [4.69, 9.17) is 17.3 Å². The molecule has 2 aromatic rings. The van der Waals surface area contributed by atoms with Gasteiger partial charge in [0.25, 0.3) is 0 Å². The summed E-state index contributed by atoms with van der Waals surface area (Å²) in [5, 5.41) is 6.60. The Labute approximate surface area is 104 Å². The highest BCUT2D eigenvalue weighted by molar-refractivity contribution is 6.30. The van der Waals surface area contributed by atoms with E-state index < -0.39 is 0 Å². The molecule has 0 saturated carbocycles. The molecule has 1 aromatic heterocycles. The van der Waals surface area contributed by atoms with Crippen LogP contribution < -0.4 is 16.4 Å². The lowest BCUT2D eigenvalue weighted by atomic mass is 10.3. The van der Waals surface area contributed by atoms with Gasteiger partial charge in [-0.15, -0.1) is 0 Å². The molecule has 1 heterocycles. The summed E-state index contributed by atoms with van der Waals surface area (Å²) in [4.78, 5) is 8.22. The predicted octanol–water partition coefficient (Wildman–Crippen LogP) is 2.50. The van der Waals surface area contributed by atoms with Gasteiger partial charge in [0.2, 0.25) is 5.95 Å². The molecule has 0 spiro atoms. The number of benzene rings is 1. The summed E-state index contributed by atoms with van der Waals surface area (Å²) < 4.78 is 0. The molecule has 0 aliphatic carbocycles. The first-order valence-corrected chi connectivity index (χ1v) is 5.40. The number of nitrogens with zero attached hydrogens (tertiary/aromatic N) is 2. The van der Waals surface area contributed by atoms with Gasteiger partial charge in [-0.3, -0.25) is 0 Å². The summed E-state index contributed by atoms with van der Waals surface area (Å²) in [6.45, 7) is 0. The molecule has 5 nitrogen and oxygen atoms in total. The number of hydrogen-bond donors (Lipinski definition) is 3. The average molecular weight is 250 g/mol. The second-order valence-corrected chi connectivity index (χ2v) is 3.82. The molecule has 2 rings (SSSR count). The lowest BCUT2D eigenvalue weighted by molar-refractivity contribution is 1.16. The van der Waals surface area contributed by atoms with Crippen LogP contribution in [0.3, 0.4) is 0 Å². The van der Waals surface area contributed by atoms with Gasteiger partial charge in [-0.1, -0.05) is 17.7 Å². The standard InChI is InChI=1S/C11H12ClN5/c1-14-11-16-9(13)6-10(17-11)15-8-4-2-3-7(12)5-8/h2-6H,1H3,(H4,13,14,15,16,17). The smallest absolute Gasteiger partial charge is 0.226 e. The summed E-state index contributed by atoms with van der Waals surface area (Å²) >= 11 is 5.89. The third kappa shape index (κ3) is 2.98. The van der Waals surface area contributed by atoms with E-state index >= 15 is 0 Å². The second kappa shape index (κ2) is 4.88. The van der Waals surface area contributed by atoms with Crippen LogP contribution in [0.25, 0.3) is 0 Å². The highest BCUT2D eigenvalue weighted by Gasteiger charge is 2.01. The summed E-state index contributed by atoms with van der Waals surface area (Å²) in [5.41, 5.74) is 6.51. The second-order valence-electron chi connectivity index (χ2n) is 3.39. The first kappa shape index (κ1) is 11.5. The van der Waals surface area contributed by atoms with Gasteiger partial charge in [0, 0.05) is 23.8 Å². The quantitative estimate of drug-likeness (QED) is 0.779. The van der Waals surface area contributed by atoms with Crippen LogP contribution in [0.4, 0.5) is 23.3 Å². The van der Waals surface area contributed by atoms with Gasteiger partial charge in [-0.2, -0.15) is 9.97 Å². The fraction of sp³-hybridized carbons (Fsp3) is 0.0909. The van der Waals surface area contributed by atoms with Crippen molar-refractivity contribution in [2.24, 2.45) is 0 Å². The Kier molecular flexibility index (Phi) is 3.30. The van der Waals surface area contributed by atoms with Crippen LogP contribution in [0.1, 0.15) is 0 Å². The van der Waals surface area contributed by atoms with Crippen molar-refractivity contribution in [1.29, 1.82) is 0 Å². The molecule has 6 heteroatoms. The first-order chi connectivity index (χ1) is 8.17. The Morgan fingerprint density at radius 3 is 2.76 bits per heavy atom. The predicted molar refractivity (Wildman–Crippen MR) is 70.7 cm³/mol. The third-order valence-electron chi connectivity index (χ3n) is 2.07. The van der Waals surface area contributed by atoms with Gasteiger partial charge in [-0.05, 0) is 18.2 Å². The molecule has 0 fully saturated rings. The highest BCUT2D eigenvalue weighted by atomic mass is 35.5. The molecule has 1 aromatic carbocycles. The number of nitrogen functional groups attached to an aromatic ring is 1. The molecule has 4 N–H and O–H groups in total. The lowest BCUT2D eigenvalue weighted by Crippen LogP contribution is -2.03. The van der Waals surface area contributed by atoms with E-state index in [1.807, 2.05) is 12.1 Å². The van der Waals surface area contributed by atoms with Gasteiger partial charge in [0.15, 0.2) is 0 Å². The lowest BCUT2D eigenvalue weighted by Gasteiger charge is -2.08. The first-order valence-electron chi connectivity index (χ1n) is 5.02. The Hall–Kier alpha value is -2.01. The van der Waals surface area contributed by atoms with Crippen molar-refractivity contribution >= 4 is 34.9 Å². The largest absolute Gasteiger partial charge is 0.383 e. The minimum absolute atomic E-state index is 0.397.